The summed E-state index contributed by atoms with van der Waals surface area (Å²) < 4.78 is 13.0. The molecule has 3 rings (SSSR count). The van der Waals surface area contributed by atoms with Crippen molar-refractivity contribution in [1.29, 1.82) is 0 Å². The number of nitrogens with zero attached hydrogens (tertiary/aromatic N) is 1. The van der Waals surface area contributed by atoms with E-state index in [1.165, 1.54) is 24.3 Å². The number of carbonyl (C=O) groups is 2. The number of hydrogen-bond acceptors (Lipinski definition) is 2. The van der Waals surface area contributed by atoms with E-state index in [1.807, 2.05) is 37.3 Å². The second kappa shape index (κ2) is 8.95. The van der Waals surface area contributed by atoms with Gasteiger partial charge in [-0.15, -0.1) is 0 Å². The van der Waals surface area contributed by atoms with Gasteiger partial charge in [0.2, 0.25) is 0 Å². The third kappa shape index (κ3) is 4.82. The zero-order valence-electron chi connectivity index (χ0n) is 15.6. The lowest BCUT2D eigenvalue weighted by Crippen LogP contribution is -2.30. The van der Waals surface area contributed by atoms with Crippen molar-refractivity contribution in [3.8, 4) is 0 Å². The fraction of sp³-hybridized carbons (Fsp3) is 0.130. The molecule has 0 saturated heterocycles. The summed E-state index contributed by atoms with van der Waals surface area (Å²) in [4.78, 5) is 27.1. The molecule has 0 saturated carbocycles. The Morgan fingerprint density at radius 1 is 0.893 bits per heavy atom. The Labute approximate surface area is 163 Å². The first kappa shape index (κ1) is 19.3. The fourth-order valence-electron chi connectivity index (χ4n) is 2.84. The monoisotopic (exact) mass is 376 g/mol. The third-order valence-electron chi connectivity index (χ3n) is 4.36. The van der Waals surface area contributed by atoms with Crippen LogP contribution in [0.5, 0.6) is 0 Å². The highest BCUT2D eigenvalue weighted by Gasteiger charge is 2.16. The molecule has 5 heteroatoms. The molecule has 4 nitrogen and oxygen atoms in total. The van der Waals surface area contributed by atoms with Gasteiger partial charge in [-0.25, -0.2) is 4.39 Å². The smallest absolute Gasteiger partial charge is 0.255 e. The van der Waals surface area contributed by atoms with Crippen molar-refractivity contribution < 1.29 is 14.0 Å². The zero-order valence-corrected chi connectivity index (χ0v) is 15.6. The Morgan fingerprint density at radius 2 is 1.57 bits per heavy atom. The van der Waals surface area contributed by atoms with Crippen LogP contribution in [0.25, 0.3) is 0 Å². The van der Waals surface area contributed by atoms with Gasteiger partial charge < -0.3 is 10.2 Å². The molecule has 0 atom stereocenters. The van der Waals surface area contributed by atoms with Crippen molar-refractivity contribution in [3.63, 3.8) is 0 Å². The van der Waals surface area contributed by atoms with E-state index in [0.29, 0.717) is 29.9 Å². The summed E-state index contributed by atoms with van der Waals surface area (Å²) in [7, 11) is 0. The van der Waals surface area contributed by atoms with Gasteiger partial charge in [-0.1, -0.05) is 36.4 Å². The van der Waals surface area contributed by atoms with Crippen LogP contribution in [0.1, 0.15) is 33.2 Å². The molecule has 3 aromatic carbocycles. The molecular weight excluding hydrogens is 355 g/mol. The minimum atomic E-state index is -0.372. The topological polar surface area (TPSA) is 49.4 Å². The molecule has 0 heterocycles. The number of nitrogens with one attached hydrogen (secondary N) is 1. The highest BCUT2D eigenvalue weighted by Crippen LogP contribution is 2.14. The molecule has 28 heavy (non-hydrogen) atoms. The average Bonchev–Trinajstić information content (AvgIpc) is 2.74. The molecule has 0 aromatic heterocycles. The van der Waals surface area contributed by atoms with Gasteiger partial charge in [0.1, 0.15) is 5.82 Å². The van der Waals surface area contributed by atoms with Crippen molar-refractivity contribution in [1.82, 2.24) is 4.90 Å². The molecule has 2 amide bonds. The number of hydrogen-bond donors (Lipinski definition) is 1. The van der Waals surface area contributed by atoms with Gasteiger partial charge in [-0.2, -0.15) is 0 Å². The average molecular weight is 376 g/mol. The summed E-state index contributed by atoms with van der Waals surface area (Å²) in [5.74, 6) is -0.862. The lowest BCUT2D eigenvalue weighted by molar-refractivity contribution is 0.0752. The Kier molecular flexibility index (Phi) is 6.17. The van der Waals surface area contributed by atoms with Gasteiger partial charge in [-0.3, -0.25) is 9.59 Å². The molecule has 0 bridgehead atoms. The van der Waals surface area contributed by atoms with Crippen molar-refractivity contribution in [3.05, 3.63) is 101 Å². The number of carbonyl (C=O) groups excluding carboxylic acids is 2. The van der Waals surface area contributed by atoms with Crippen LogP contribution in [0.4, 0.5) is 10.1 Å². The molecular formula is C23H21FN2O2. The second-order valence-electron chi connectivity index (χ2n) is 6.35. The van der Waals surface area contributed by atoms with Crippen LogP contribution in [-0.2, 0) is 6.54 Å². The normalized spacial score (nSPS) is 10.4. The number of benzene rings is 3. The Hall–Kier alpha value is -3.47. The van der Waals surface area contributed by atoms with Crippen LogP contribution in [-0.4, -0.2) is 23.3 Å². The maximum absolute atomic E-state index is 13.0. The van der Waals surface area contributed by atoms with Crippen LogP contribution in [0.3, 0.4) is 0 Å². The van der Waals surface area contributed by atoms with E-state index < -0.39 is 0 Å². The predicted octanol–water partition coefficient (Wildman–Crippen LogP) is 4.74. The first-order valence-electron chi connectivity index (χ1n) is 9.07. The number of amides is 2. The van der Waals surface area contributed by atoms with E-state index in [9.17, 15) is 14.0 Å². The zero-order chi connectivity index (χ0) is 19.9. The maximum Gasteiger partial charge on any atom is 0.255 e. The van der Waals surface area contributed by atoms with Crippen LogP contribution in [0.15, 0.2) is 78.9 Å². The quantitative estimate of drug-likeness (QED) is 0.675. The highest BCUT2D eigenvalue weighted by atomic mass is 19.1. The number of halogens is 1. The minimum Gasteiger partial charge on any atom is -0.335 e. The summed E-state index contributed by atoms with van der Waals surface area (Å²) in [5, 5.41) is 2.70. The van der Waals surface area contributed by atoms with E-state index >= 15 is 0 Å². The Morgan fingerprint density at radius 3 is 2.25 bits per heavy atom. The van der Waals surface area contributed by atoms with Gasteiger partial charge in [-0.05, 0) is 55.0 Å². The first-order chi connectivity index (χ1) is 13.6. The molecule has 142 valence electrons. The first-order valence-corrected chi connectivity index (χ1v) is 9.07. The lowest BCUT2D eigenvalue weighted by atomic mass is 10.1. The molecule has 3 aromatic rings. The Balaban J connectivity index is 1.74. The van der Waals surface area contributed by atoms with Gasteiger partial charge in [0.15, 0.2) is 0 Å². The number of anilines is 1. The van der Waals surface area contributed by atoms with Crippen LogP contribution in [0, 0.1) is 5.82 Å². The SMILES string of the molecule is CCN(Cc1ccccc1)C(=O)c1cccc(C(=O)Nc2ccc(F)cc2)c1. The highest BCUT2D eigenvalue weighted by molar-refractivity contribution is 6.06. The van der Waals surface area contributed by atoms with E-state index in [0.717, 1.165) is 5.56 Å². The van der Waals surface area contributed by atoms with Crippen molar-refractivity contribution >= 4 is 17.5 Å². The maximum atomic E-state index is 13.0. The largest absolute Gasteiger partial charge is 0.335 e. The summed E-state index contributed by atoms with van der Waals surface area (Å²) in [6.45, 7) is 2.98. The fourth-order valence-corrected chi connectivity index (χ4v) is 2.84. The Bertz CT molecular complexity index is 956. The lowest BCUT2D eigenvalue weighted by Gasteiger charge is -2.21. The van der Waals surface area contributed by atoms with Crippen LogP contribution in [0.2, 0.25) is 0 Å². The third-order valence-corrected chi connectivity index (χ3v) is 4.36. The summed E-state index contributed by atoms with van der Waals surface area (Å²) in [6, 6.07) is 21.9. The van der Waals surface area contributed by atoms with E-state index in [4.69, 9.17) is 0 Å². The van der Waals surface area contributed by atoms with Gasteiger partial charge >= 0.3 is 0 Å². The van der Waals surface area contributed by atoms with E-state index in [-0.39, 0.29) is 17.6 Å². The summed E-state index contributed by atoms with van der Waals surface area (Å²) >= 11 is 0. The van der Waals surface area contributed by atoms with Crippen LogP contribution >= 0.6 is 0 Å². The van der Waals surface area contributed by atoms with E-state index in [1.54, 1.807) is 29.2 Å². The number of rotatable bonds is 6. The molecule has 0 radical (unpaired) electrons. The van der Waals surface area contributed by atoms with Gasteiger partial charge in [0.25, 0.3) is 11.8 Å². The van der Waals surface area contributed by atoms with Gasteiger partial charge in [0, 0.05) is 29.9 Å². The molecule has 0 aliphatic rings. The summed E-state index contributed by atoms with van der Waals surface area (Å²) in [5.41, 5.74) is 2.35. The van der Waals surface area contributed by atoms with Gasteiger partial charge in [0.05, 0.1) is 0 Å². The minimum absolute atomic E-state index is 0.136. The molecule has 0 fully saturated rings. The van der Waals surface area contributed by atoms with Crippen molar-refractivity contribution in [2.45, 2.75) is 13.5 Å². The molecule has 0 spiro atoms. The second-order valence-corrected chi connectivity index (χ2v) is 6.35. The van der Waals surface area contributed by atoms with Crippen molar-refractivity contribution in [2.24, 2.45) is 0 Å². The van der Waals surface area contributed by atoms with Crippen LogP contribution < -0.4 is 5.32 Å². The predicted molar refractivity (Wildman–Crippen MR) is 108 cm³/mol. The molecule has 0 aliphatic heterocycles. The summed E-state index contributed by atoms with van der Waals surface area (Å²) in [6.07, 6.45) is 0. The molecule has 0 aliphatic carbocycles. The van der Waals surface area contributed by atoms with Crippen molar-refractivity contribution in [2.75, 3.05) is 11.9 Å². The molecule has 0 unspecified atom stereocenters. The standard InChI is InChI=1S/C23H21FN2O2/c1-2-26(16-17-7-4-3-5-8-17)23(28)19-10-6-9-18(15-19)22(27)25-21-13-11-20(24)12-14-21/h3-15H,2,16H2,1H3,(H,25,27). The molecule has 1 N–H and O–H groups in total. The van der Waals surface area contributed by atoms with E-state index in [2.05, 4.69) is 5.32 Å².